The topological polar surface area (TPSA) is 21.3 Å². The second kappa shape index (κ2) is 9.53. The van der Waals surface area contributed by atoms with E-state index in [0.717, 1.165) is 19.3 Å². The van der Waals surface area contributed by atoms with Crippen molar-refractivity contribution >= 4 is 0 Å². The maximum atomic E-state index is 12.7. The average Bonchev–Trinajstić information content (AvgIpc) is 2.28. The third kappa shape index (κ3) is 8.42. The molecule has 2 unspecified atom stereocenters. The molecule has 0 aromatic rings. The fourth-order valence-electron chi connectivity index (χ4n) is 2.00. The van der Waals surface area contributed by atoms with Crippen LogP contribution in [0.25, 0.3) is 0 Å². The molecule has 0 aromatic heterocycles. The highest BCUT2D eigenvalue weighted by Crippen LogP contribution is 2.23. The zero-order valence-corrected chi connectivity index (χ0v) is 11.9. The van der Waals surface area contributed by atoms with Gasteiger partial charge < -0.3 is 10.1 Å². The van der Waals surface area contributed by atoms with Crippen LogP contribution in [0.1, 0.15) is 40.0 Å². The smallest absolute Gasteiger partial charge is 0.330 e. The Balaban J connectivity index is 4.07. The molecule has 0 saturated heterocycles. The van der Waals surface area contributed by atoms with Crippen LogP contribution in [0.15, 0.2) is 0 Å². The molecular weight excluding hydrogens is 262 g/mol. The lowest BCUT2D eigenvalue weighted by Crippen LogP contribution is -2.38. The van der Waals surface area contributed by atoms with Crippen molar-refractivity contribution in [2.24, 2.45) is 5.92 Å². The van der Waals surface area contributed by atoms with Crippen LogP contribution in [-0.2, 0) is 4.74 Å². The second-order valence-corrected chi connectivity index (χ2v) is 4.96. The van der Waals surface area contributed by atoms with E-state index in [4.69, 9.17) is 4.74 Å². The Morgan fingerprint density at radius 3 is 2.32 bits per heavy atom. The minimum absolute atomic E-state index is 0.0319. The Labute approximate surface area is 112 Å². The summed E-state index contributed by atoms with van der Waals surface area (Å²) in [5.74, 6) is -3.61. The molecule has 0 aliphatic rings. The summed E-state index contributed by atoms with van der Waals surface area (Å²) in [6.45, 7) is 5.57. The van der Waals surface area contributed by atoms with Crippen LogP contribution >= 0.6 is 0 Å². The van der Waals surface area contributed by atoms with Crippen LogP contribution in [0.5, 0.6) is 0 Å². The Morgan fingerprint density at radius 1 is 1.21 bits per heavy atom. The monoisotopic (exact) mass is 287 g/mol. The molecule has 2 atom stereocenters. The van der Waals surface area contributed by atoms with Gasteiger partial charge in [-0.15, -0.1) is 0 Å². The predicted octanol–water partition coefficient (Wildman–Crippen LogP) is 3.71. The molecule has 0 bridgehead atoms. The van der Waals surface area contributed by atoms with E-state index in [1.165, 1.54) is 0 Å². The Kier molecular flexibility index (Phi) is 9.35. The first kappa shape index (κ1) is 18.6. The van der Waals surface area contributed by atoms with Gasteiger partial charge in [-0.1, -0.05) is 33.6 Å². The molecule has 6 heteroatoms. The molecule has 0 aromatic carbocycles. The van der Waals surface area contributed by atoms with Crippen molar-refractivity contribution in [1.82, 2.24) is 5.32 Å². The van der Waals surface area contributed by atoms with E-state index >= 15 is 0 Å². The van der Waals surface area contributed by atoms with Gasteiger partial charge in [0.15, 0.2) is 0 Å². The fourth-order valence-corrected chi connectivity index (χ4v) is 2.00. The Hall–Kier alpha value is -0.360. The van der Waals surface area contributed by atoms with Crippen molar-refractivity contribution < 1.29 is 22.3 Å². The van der Waals surface area contributed by atoms with Crippen LogP contribution in [0.4, 0.5) is 17.6 Å². The van der Waals surface area contributed by atoms with Crippen molar-refractivity contribution in [3.63, 3.8) is 0 Å². The molecular formula is C13H25F4NO. The maximum Gasteiger partial charge on any atom is 0.330 e. The molecule has 0 radical (unpaired) electrons. The van der Waals surface area contributed by atoms with Gasteiger partial charge in [-0.3, -0.25) is 0 Å². The maximum absolute atomic E-state index is 12.7. The summed E-state index contributed by atoms with van der Waals surface area (Å²) in [4.78, 5) is 0. The van der Waals surface area contributed by atoms with E-state index in [1.54, 1.807) is 0 Å². The molecule has 0 spiro atoms. The highest BCUT2D eigenvalue weighted by atomic mass is 19.3. The van der Waals surface area contributed by atoms with Crippen molar-refractivity contribution in [2.75, 3.05) is 19.8 Å². The number of likely N-dealkylation sites (N-methyl/N-ethyl adjacent to an activating group) is 1. The first-order chi connectivity index (χ1) is 8.83. The highest BCUT2D eigenvalue weighted by molar-refractivity contribution is 4.72. The van der Waals surface area contributed by atoms with Gasteiger partial charge in [-0.05, 0) is 18.9 Å². The minimum atomic E-state index is -4.06. The third-order valence-electron chi connectivity index (χ3n) is 2.89. The molecule has 0 amide bonds. The standard InChI is InChI=1S/C13H25F4NO/c1-4-6-10(3)7-11(18-5-2)8-19-9-13(16,17)12(14)15/h10-12,18H,4-9H2,1-3H3. The van der Waals surface area contributed by atoms with Crippen molar-refractivity contribution in [2.45, 2.75) is 58.4 Å². The van der Waals surface area contributed by atoms with Crippen molar-refractivity contribution in [3.05, 3.63) is 0 Å². The van der Waals surface area contributed by atoms with E-state index in [0.29, 0.717) is 12.5 Å². The third-order valence-corrected chi connectivity index (χ3v) is 2.89. The highest BCUT2D eigenvalue weighted by Gasteiger charge is 2.41. The van der Waals surface area contributed by atoms with Gasteiger partial charge in [-0.25, -0.2) is 8.78 Å². The normalized spacial score (nSPS) is 15.8. The number of alkyl halides is 4. The predicted molar refractivity (Wildman–Crippen MR) is 67.9 cm³/mol. The number of rotatable bonds is 11. The van der Waals surface area contributed by atoms with Gasteiger partial charge in [-0.2, -0.15) is 8.78 Å². The Morgan fingerprint density at radius 2 is 1.84 bits per heavy atom. The summed E-state index contributed by atoms with van der Waals surface area (Å²) in [6.07, 6.45) is -0.773. The molecule has 116 valence electrons. The molecule has 0 heterocycles. The van der Waals surface area contributed by atoms with Crippen LogP contribution in [0.3, 0.4) is 0 Å². The summed E-state index contributed by atoms with van der Waals surface area (Å²) in [7, 11) is 0. The lowest BCUT2D eigenvalue weighted by Gasteiger charge is -2.23. The van der Waals surface area contributed by atoms with Gasteiger partial charge >= 0.3 is 12.3 Å². The van der Waals surface area contributed by atoms with Crippen molar-refractivity contribution in [1.29, 1.82) is 0 Å². The summed E-state index contributed by atoms with van der Waals surface area (Å²) >= 11 is 0. The molecule has 19 heavy (non-hydrogen) atoms. The molecule has 0 rings (SSSR count). The largest absolute Gasteiger partial charge is 0.373 e. The molecule has 0 fully saturated rings. The molecule has 1 N–H and O–H groups in total. The molecule has 0 aliphatic carbocycles. The first-order valence-electron chi connectivity index (χ1n) is 6.80. The summed E-state index contributed by atoms with van der Waals surface area (Å²) < 4.78 is 54.0. The van der Waals surface area contributed by atoms with Gasteiger partial charge in [0.2, 0.25) is 0 Å². The van der Waals surface area contributed by atoms with Gasteiger partial charge in [0.1, 0.15) is 6.61 Å². The lowest BCUT2D eigenvalue weighted by atomic mass is 9.97. The molecule has 2 nitrogen and oxygen atoms in total. The molecule has 0 aliphatic heterocycles. The number of hydrogen-bond acceptors (Lipinski definition) is 2. The van der Waals surface area contributed by atoms with E-state index in [9.17, 15) is 17.6 Å². The number of hydrogen-bond donors (Lipinski definition) is 1. The SMILES string of the molecule is CCCC(C)CC(COCC(F)(F)C(F)F)NCC. The number of ether oxygens (including phenoxy) is 1. The number of nitrogens with one attached hydrogen (secondary N) is 1. The summed E-state index contributed by atoms with van der Waals surface area (Å²) in [5.41, 5.74) is 0. The van der Waals surface area contributed by atoms with E-state index in [-0.39, 0.29) is 12.6 Å². The summed E-state index contributed by atoms with van der Waals surface area (Å²) in [6, 6.07) is -0.0694. The minimum Gasteiger partial charge on any atom is -0.373 e. The van der Waals surface area contributed by atoms with E-state index in [2.05, 4.69) is 19.2 Å². The quantitative estimate of drug-likeness (QED) is 0.585. The second-order valence-electron chi connectivity index (χ2n) is 4.96. The van der Waals surface area contributed by atoms with Gasteiger partial charge in [0.25, 0.3) is 0 Å². The first-order valence-corrected chi connectivity index (χ1v) is 6.80. The molecule has 0 saturated carbocycles. The van der Waals surface area contributed by atoms with E-state index < -0.39 is 19.0 Å². The van der Waals surface area contributed by atoms with Gasteiger partial charge in [0, 0.05) is 6.04 Å². The van der Waals surface area contributed by atoms with Crippen LogP contribution in [0.2, 0.25) is 0 Å². The lowest BCUT2D eigenvalue weighted by molar-refractivity contribution is -0.167. The van der Waals surface area contributed by atoms with Crippen molar-refractivity contribution in [3.8, 4) is 0 Å². The number of halogens is 4. The Bertz CT molecular complexity index is 227. The zero-order chi connectivity index (χ0) is 14.9. The van der Waals surface area contributed by atoms with E-state index in [1.807, 2.05) is 6.92 Å². The van der Waals surface area contributed by atoms with Crippen LogP contribution in [0, 0.1) is 5.92 Å². The van der Waals surface area contributed by atoms with Crippen LogP contribution in [-0.4, -0.2) is 38.1 Å². The fraction of sp³-hybridized carbons (Fsp3) is 1.00. The summed E-state index contributed by atoms with van der Waals surface area (Å²) in [5, 5.41) is 3.13. The van der Waals surface area contributed by atoms with Crippen LogP contribution < -0.4 is 5.32 Å². The average molecular weight is 287 g/mol. The van der Waals surface area contributed by atoms with Gasteiger partial charge in [0.05, 0.1) is 6.61 Å². The zero-order valence-electron chi connectivity index (χ0n) is 11.9.